The minimum absolute atomic E-state index is 0.0554. The van der Waals surface area contributed by atoms with E-state index in [1.54, 1.807) is 0 Å². The molecule has 1 atom stereocenters. The molecule has 1 fully saturated rings. The van der Waals surface area contributed by atoms with Crippen LogP contribution in [0.2, 0.25) is 0 Å². The second-order valence-electron chi connectivity index (χ2n) is 4.21. The largest absolute Gasteiger partial charge is 0.416 e. The summed E-state index contributed by atoms with van der Waals surface area (Å²) in [4.78, 5) is 11.7. The Labute approximate surface area is 103 Å². The van der Waals surface area contributed by atoms with Crippen LogP contribution >= 0.6 is 0 Å². The predicted octanol–water partition coefficient (Wildman–Crippen LogP) is 2.73. The molecule has 18 heavy (non-hydrogen) atoms. The van der Waals surface area contributed by atoms with Crippen LogP contribution < -0.4 is 10.4 Å². The van der Waals surface area contributed by atoms with E-state index in [9.17, 15) is 18.0 Å². The Balaban J connectivity index is 2.18. The van der Waals surface area contributed by atoms with Gasteiger partial charge in [0.25, 0.3) is 0 Å². The number of halogens is 3. The first-order valence-electron chi connectivity index (χ1n) is 5.68. The molecule has 3 nitrogen and oxygen atoms in total. The second-order valence-corrected chi connectivity index (χ2v) is 4.21. The quantitative estimate of drug-likeness (QED) is 0.884. The number of anilines is 1. The fourth-order valence-corrected chi connectivity index (χ4v) is 1.86. The maximum absolute atomic E-state index is 12.4. The van der Waals surface area contributed by atoms with Gasteiger partial charge in [-0.15, -0.1) is 0 Å². The highest BCUT2D eigenvalue weighted by Crippen LogP contribution is 2.31. The number of rotatable bonds is 2. The molecular weight excluding hydrogens is 245 g/mol. The van der Waals surface area contributed by atoms with Gasteiger partial charge in [0.1, 0.15) is 0 Å². The number of nitrogens with one attached hydrogen (secondary N) is 1. The van der Waals surface area contributed by atoms with Crippen molar-refractivity contribution in [2.75, 3.05) is 5.01 Å². The fraction of sp³-hybridized carbons (Fsp3) is 0.417. The van der Waals surface area contributed by atoms with Gasteiger partial charge in [0.2, 0.25) is 5.91 Å². The van der Waals surface area contributed by atoms with E-state index < -0.39 is 11.7 Å². The van der Waals surface area contributed by atoms with Crippen LogP contribution in [0.25, 0.3) is 0 Å². The van der Waals surface area contributed by atoms with Crippen molar-refractivity contribution in [2.24, 2.45) is 0 Å². The Kier molecular flexibility index (Phi) is 3.30. The Morgan fingerprint density at radius 2 is 1.94 bits per heavy atom. The summed E-state index contributed by atoms with van der Waals surface area (Å²) < 4.78 is 37.2. The van der Waals surface area contributed by atoms with E-state index in [2.05, 4.69) is 5.43 Å². The summed E-state index contributed by atoms with van der Waals surface area (Å²) in [5.41, 5.74) is 2.68. The van der Waals surface area contributed by atoms with Crippen molar-refractivity contribution in [3.8, 4) is 0 Å². The molecule has 0 bridgehead atoms. The number of carbonyl (C=O) groups is 1. The van der Waals surface area contributed by atoms with Crippen molar-refractivity contribution in [2.45, 2.75) is 32.0 Å². The lowest BCUT2D eigenvalue weighted by atomic mass is 10.2. The van der Waals surface area contributed by atoms with Crippen LogP contribution in [0.4, 0.5) is 18.9 Å². The van der Waals surface area contributed by atoms with E-state index >= 15 is 0 Å². The number of hydrazine groups is 1. The Morgan fingerprint density at radius 3 is 2.39 bits per heavy atom. The van der Waals surface area contributed by atoms with Gasteiger partial charge in [0.05, 0.1) is 11.3 Å². The van der Waals surface area contributed by atoms with E-state index in [4.69, 9.17) is 0 Å². The number of carbonyl (C=O) groups excluding carboxylic acids is 1. The van der Waals surface area contributed by atoms with Crippen LogP contribution in [0.1, 0.15) is 25.3 Å². The average molecular weight is 258 g/mol. The number of nitrogens with zero attached hydrogens (tertiary/aromatic N) is 1. The first kappa shape index (κ1) is 12.9. The summed E-state index contributed by atoms with van der Waals surface area (Å²) in [5.74, 6) is -0.124. The van der Waals surface area contributed by atoms with Crippen LogP contribution in [-0.4, -0.2) is 11.9 Å². The molecule has 1 aromatic carbocycles. The van der Waals surface area contributed by atoms with Crippen molar-refractivity contribution >= 4 is 11.6 Å². The van der Waals surface area contributed by atoms with Gasteiger partial charge in [-0.05, 0) is 30.7 Å². The SMILES string of the molecule is CCC1CC(=O)N(c2ccc(C(F)(F)F)cc2)N1. The maximum atomic E-state index is 12.4. The van der Waals surface area contributed by atoms with E-state index in [0.29, 0.717) is 12.1 Å². The molecule has 98 valence electrons. The summed E-state index contributed by atoms with van der Waals surface area (Å²) >= 11 is 0. The third-order valence-corrected chi connectivity index (χ3v) is 2.93. The first-order valence-corrected chi connectivity index (χ1v) is 5.68. The van der Waals surface area contributed by atoms with Gasteiger partial charge < -0.3 is 0 Å². The zero-order valence-electron chi connectivity index (χ0n) is 9.79. The molecule has 1 heterocycles. The molecule has 1 aliphatic heterocycles. The monoisotopic (exact) mass is 258 g/mol. The highest BCUT2D eigenvalue weighted by molar-refractivity contribution is 5.94. The third kappa shape index (κ3) is 2.48. The van der Waals surface area contributed by atoms with Gasteiger partial charge in [-0.2, -0.15) is 13.2 Å². The van der Waals surface area contributed by atoms with Crippen molar-refractivity contribution in [3.63, 3.8) is 0 Å². The lowest BCUT2D eigenvalue weighted by Gasteiger charge is -2.18. The topological polar surface area (TPSA) is 32.3 Å². The van der Waals surface area contributed by atoms with Gasteiger partial charge in [-0.25, -0.2) is 10.4 Å². The molecule has 1 aliphatic rings. The fourth-order valence-electron chi connectivity index (χ4n) is 1.86. The Hall–Kier alpha value is -1.56. The van der Waals surface area contributed by atoms with E-state index in [1.807, 2.05) is 6.92 Å². The highest BCUT2D eigenvalue weighted by Gasteiger charge is 2.32. The average Bonchev–Trinajstić information content (AvgIpc) is 2.70. The number of amides is 1. The van der Waals surface area contributed by atoms with Crippen LogP contribution in [0, 0.1) is 0 Å². The maximum Gasteiger partial charge on any atom is 0.416 e. The molecule has 0 saturated carbocycles. The standard InChI is InChI=1S/C12H13F3N2O/c1-2-9-7-11(18)17(16-9)10-5-3-8(4-6-10)12(13,14)15/h3-6,9,16H,2,7H2,1H3. The summed E-state index contributed by atoms with van der Waals surface area (Å²) in [6.45, 7) is 1.95. The molecule has 0 aromatic heterocycles. The smallest absolute Gasteiger partial charge is 0.273 e. The van der Waals surface area contributed by atoms with Gasteiger partial charge in [-0.3, -0.25) is 4.79 Å². The van der Waals surface area contributed by atoms with Crippen LogP contribution in [0.3, 0.4) is 0 Å². The number of alkyl halides is 3. The minimum Gasteiger partial charge on any atom is -0.273 e. The molecular formula is C12H13F3N2O. The summed E-state index contributed by atoms with van der Waals surface area (Å²) in [6.07, 6.45) is -3.19. The molecule has 1 saturated heterocycles. The van der Waals surface area contributed by atoms with Crippen LogP contribution in [0.5, 0.6) is 0 Å². The zero-order valence-corrected chi connectivity index (χ0v) is 9.79. The lowest BCUT2D eigenvalue weighted by molar-refractivity contribution is -0.137. The molecule has 1 N–H and O–H groups in total. The van der Waals surface area contributed by atoms with Crippen molar-refractivity contribution < 1.29 is 18.0 Å². The molecule has 0 radical (unpaired) electrons. The van der Waals surface area contributed by atoms with Crippen molar-refractivity contribution in [1.29, 1.82) is 0 Å². The van der Waals surface area contributed by atoms with Gasteiger partial charge in [0, 0.05) is 12.5 Å². The molecule has 6 heteroatoms. The third-order valence-electron chi connectivity index (χ3n) is 2.93. The number of hydrogen-bond donors (Lipinski definition) is 1. The summed E-state index contributed by atoms with van der Waals surface area (Å²) in [5, 5.41) is 1.31. The minimum atomic E-state index is -4.35. The number of benzene rings is 1. The van der Waals surface area contributed by atoms with E-state index in [-0.39, 0.29) is 11.9 Å². The first-order chi connectivity index (χ1) is 8.41. The van der Waals surface area contributed by atoms with Crippen LogP contribution in [-0.2, 0) is 11.0 Å². The second kappa shape index (κ2) is 4.61. The van der Waals surface area contributed by atoms with Crippen molar-refractivity contribution in [3.05, 3.63) is 29.8 Å². The highest BCUT2D eigenvalue weighted by atomic mass is 19.4. The number of hydrogen-bond acceptors (Lipinski definition) is 2. The van der Waals surface area contributed by atoms with Gasteiger partial charge in [-0.1, -0.05) is 6.92 Å². The summed E-state index contributed by atoms with van der Waals surface area (Å²) in [7, 11) is 0. The van der Waals surface area contributed by atoms with Gasteiger partial charge >= 0.3 is 6.18 Å². The Bertz CT molecular complexity index is 442. The molecule has 1 unspecified atom stereocenters. The predicted molar refractivity (Wildman–Crippen MR) is 60.8 cm³/mol. The molecule has 1 aromatic rings. The Morgan fingerprint density at radius 1 is 1.33 bits per heavy atom. The van der Waals surface area contributed by atoms with E-state index in [0.717, 1.165) is 18.6 Å². The normalized spacial score (nSPS) is 20.6. The zero-order chi connectivity index (χ0) is 13.3. The van der Waals surface area contributed by atoms with Crippen molar-refractivity contribution in [1.82, 2.24) is 5.43 Å². The molecule has 0 spiro atoms. The summed E-state index contributed by atoms with van der Waals surface area (Å²) in [6, 6.07) is 4.60. The van der Waals surface area contributed by atoms with Gasteiger partial charge in [0.15, 0.2) is 0 Å². The lowest BCUT2D eigenvalue weighted by Crippen LogP contribution is -2.37. The molecule has 2 rings (SSSR count). The molecule has 0 aliphatic carbocycles. The van der Waals surface area contributed by atoms with E-state index in [1.165, 1.54) is 17.1 Å². The van der Waals surface area contributed by atoms with Crippen LogP contribution in [0.15, 0.2) is 24.3 Å². The molecule has 1 amide bonds.